The van der Waals surface area contributed by atoms with Crippen LogP contribution in [0.2, 0.25) is 0 Å². The van der Waals surface area contributed by atoms with Gasteiger partial charge in [0.1, 0.15) is 0 Å². The SMILES string of the molecule is Cc1cc(C)c(C(C)NCCN(C)C2CC2)c(C)n1. The monoisotopic (exact) mass is 261 g/mol. The van der Waals surface area contributed by atoms with E-state index < -0.39 is 0 Å². The van der Waals surface area contributed by atoms with E-state index in [9.17, 15) is 0 Å². The number of aryl methyl sites for hydroxylation is 3. The predicted octanol–water partition coefficient (Wildman–Crippen LogP) is 2.75. The van der Waals surface area contributed by atoms with Gasteiger partial charge >= 0.3 is 0 Å². The molecule has 0 spiro atoms. The van der Waals surface area contributed by atoms with Crippen molar-refractivity contribution in [1.82, 2.24) is 15.2 Å². The second-order valence-electron chi connectivity index (χ2n) is 5.97. The van der Waals surface area contributed by atoms with Crippen molar-refractivity contribution in [3.05, 3.63) is 28.6 Å². The Bertz CT molecular complexity index is 415. The van der Waals surface area contributed by atoms with Crippen LogP contribution in [0.4, 0.5) is 0 Å². The molecule has 1 aromatic rings. The van der Waals surface area contributed by atoms with Crippen LogP contribution in [0.3, 0.4) is 0 Å². The van der Waals surface area contributed by atoms with Gasteiger partial charge in [-0.15, -0.1) is 0 Å². The molecular formula is C16H27N3. The van der Waals surface area contributed by atoms with Gasteiger partial charge in [-0.1, -0.05) is 0 Å². The molecule has 1 atom stereocenters. The highest BCUT2D eigenvalue weighted by molar-refractivity contribution is 5.33. The number of nitrogens with one attached hydrogen (secondary N) is 1. The maximum atomic E-state index is 4.59. The van der Waals surface area contributed by atoms with Crippen LogP contribution < -0.4 is 5.32 Å². The van der Waals surface area contributed by atoms with Gasteiger partial charge in [-0.05, 0) is 64.8 Å². The van der Waals surface area contributed by atoms with E-state index in [0.717, 1.165) is 30.5 Å². The summed E-state index contributed by atoms with van der Waals surface area (Å²) in [6.45, 7) is 10.8. The topological polar surface area (TPSA) is 28.2 Å². The molecule has 3 heteroatoms. The van der Waals surface area contributed by atoms with Gasteiger partial charge in [-0.2, -0.15) is 0 Å². The van der Waals surface area contributed by atoms with Crippen molar-refractivity contribution in [3.8, 4) is 0 Å². The molecule has 1 aromatic heterocycles. The molecule has 1 heterocycles. The molecule has 106 valence electrons. The largest absolute Gasteiger partial charge is 0.309 e. The highest BCUT2D eigenvalue weighted by Crippen LogP contribution is 2.25. The maximum absolute atomic E-state index is 4.59. The van der Waals surface area contributed by atoms with Crippen LogP contribution in [0.15, 0.2) is 6.07 Å². The fourth-order valence-electron chi connectivity index (χ4n) is 2.95. The summed E-state index contributed by atoms with van der Waals surface area (Å²) in [7, 11) is 2.23. The number of hydrogen-bond donors (Lipinski definition) is 1. The summed E-state index contributed by atoms with van der Waals surface area (Å²) < 4.78 is 0. The van der Waals surface area contributed by atoms with Gasteiger partial charge in [-0.25, -0.2) is 0 Å². The minimum absolute atomic E-state index is 0.376. The van der Waals surface area contributed by atoms with E-state index in [4.69, 9.17) is 0 Å². The first-order chi connectivity index (χ1) is 8.99. The molecule has 0 radical (unpaired) electrons. The van der Waals surface area contributed by atoms with Crippen LogP contribution in [0, 0.1) is 20.8 Å². The predicted molar refractivity (Wildman–Crippen MR) is 80.5 cm³/mol. The summed E-state index contributed by atoms with van der Waals surface area (Å²) in [6, 6.07) is 3.40. The van der Waals surface area contributed by atoms with E-state index in [1.807, 2.05) is 0 Å². The van der Waals surface area contributed by atoms with Gasteiger partial charge < -0.3 is 10.2 Å². The van der Waals surface area contributed by atoms with Gasteiger partial charge in [-0.3, -0.25) is 4.98 Å². The number of nitrogens with zero attached hydrogens (tertiary/aromatic N) is 2. The minimum atomic E-state index is 0.376. The van der Waals surface area contributed by atoms with Crippen LogP contribution in [0.1, 0.15) is 48.3 Å². The smallest absolute Gasteiger partial charge is 0.0426 e. The lowest BCUT2D eigenvalue weighted by Gasteiger charge is -2.21. The highest BCUT2D eigenvalue weighted by Gasteiger charge is 2.25. The Kier molecular flexibility index (Phi) is 4.58. The first kappa shape index (κ1) is 14.5. The number of rotatable bonds is 6. The van der Waals surface area contributed by atoms with E-state index in [2.05, 4.69) is 56.0 Å². The first-order valence-electron chi connectivity index (χ1n) is 7.37. The van der Waals surface area contributed by atoms with E-state index in [-0.39, 0.29) is 0 Å². The highest BCUT2D eigenvalue weighted by atomic mass is 15.2. The molecular weight excluding hydrogens is 234 g/mol. The Morgan fingerprint density at radius 1 is 1.37 bits per heavy atom. The summed E-state index contributed by atoms with van der Waals surface area (Å²) in [5, 5.41) is 3.63. The van der Waals surface area contributed by atoms with Gasteiger partial charge in [0, 0.05) is 36.6 Å². The number of aromatic nitrogens is 1. The van der Waals surface area contributed by atoms with Crippen LogP contribution in [0.5, 0.6) is 0 Å². The molecule has 1 aliphatic rings. The quantitative estimate of drug-likeness (QED) is 0.853. The lowest BCUT2D eigenvalue weighted by molar-refractivity contribution is 0.316. The third-order valence-corrected chi connectivity index (χ3v) is 4.10. The number of likely N-dealkylation sites (N-methyl/N-ethyl adjacent to an activating group) is 1. The van der Waals surface area contributed by atoms with Crippen molar-refractivity contribution >= 4 is 0 Å². The van der Waals surface area contributed by atoms with Crippen molar-refractivity contribution < 1.29 is 0 Å². The Morgan fingerprint density at radius 3 is 2.63 bits per heavy atom. The van der Waals surface area contributed by atoms with Crippen LogP contribution in [0.25, 0.3) is 0 Å². The van der Waals surface area contributed by atoms with Gasteiger partial charge in [0.15, 0.2) is 0 Å². The van der Waals surface area contributed by atoms with Gasteiger partial charge in [0.25, 0.3) is 0 Å². The lowest BCUT2D eigenvalue weighted by Crippen LogP contribution is -2.32. The van der Waals surface area contributed by atoms with Crippen molar-refractivity contribution in [2.45, 2.75) is 52.6 Å². The molecule has 0 bridgehead atoms. The zero-order valence-electron chi connectivity index (χ0n) is 13.0. The third-order valence-electron chi connectivity index (χ3n) is 4.10. The van der Waals surface area contributed by atoms with Crippen LogP contribution in [-0.4, -0.2) is 36.1 Å². The molecule has 0 amide bonds. The van der Waals surface area contributed by atoms with Gasteiger partial charge in [0.05, 0.1) is 0 Å². The van der Waals surface area contributed by atoms with Gasteiger partial charge in [0.2, 0.25) is 0 Å². The molecule has 0 aliphatic heterocycles. The van der Waals surface area contributed by atoms with Crippen LogP contribution >= 0.6 is 0 Å². The second-order valence-corrected chi connectivity index (χ2v) is 5.97. The molecule has 19 heavy (non-hydrogen) atoms. The van der Waals surface area contributed by atoms with Crippen molar-refractivity contribution in [2.24, 2.45) is 0 Å². The maximum Gasteiger partial charge on any atom is 0.0426 e. The van der Waals surface area contributed by atoms with E-state index in [1.165, 1.54) is 24.0 Å². The normalized spacial score (nSPS) is 16.9. The summed E-state index contributed by atoms with van der Waals surface area (Å²) in [5.74, 6) is 0. The Balaban J connectivity index is 1.90. The molecule has 1 fully saturated rings. The third kappa shape index (κ3) is 3.77. The molecule has 1 aliphatic carbocycles. The fourth-order valence-corrected chi connectivity index (χ4v) is 2.95. The fraction of sp³-hybridized carbons (Fsp3) is 0.688. The standard InChI is InChI=1S/C16H27N3/c1-11-10-12(2)18-14(4)16(11)13(3)17-8-9-19(5)15-6-7-15/h10,13,15,17H,6-9H2,1-5H3. The van der Waals surface area contributed by atoms with Crippen LogP contribution in [-0.2, 0) is 0 Å². The first-order valence-corrected chi connectivity index (χ1v) is 7.37. The summed E-state index contributed by atoms with van der Waals surface area (Å²) in [5.41, 5.74) is 4.98. The van der Waals surface area contributed by atoms with Crippen molar-refractivity contribution in [3.63, 3.8) is 0 Å². The molecule has 0 aromatic carbocycles. The van der Waals surface area contributed by atoms with Crippen molar-refractivity contribution in [2.75, 3.05) is 20.1 Å². The number of pyridine rings is 1. The second kappa shape index (κ2) is 6.02. The summed E-state index contributed by atoms with van der Waals surface area (Å²) >= 11 is 0. The Labute approximate surface area is 117 Å². The average molecular weight is 261 g/mol. The zero-order chi connectivity index (χ0) is 14.0. The minimum Gasteiger partial charge on any atom is -0.309 e. The van der Waals surface area contributed by atoms with Crippen molar-refractivity contribution in [1.29, 1.82) is 0 Å². The molecule has 1 saturated carbocycles. The Morgan fingerprint density at radius 2 is 2.05 bits per heavy atom. The summed E-state index contributed by atoms with van der Waals surface area (Å²) in [4.78, 5) is 7.05. The molecule has 3 nitrogen and oxygen atoms in total. The van der Waals surface area contributed by atoms with E-state index in [1.54, 1.807) is 0 Å². The van der Waals surface area contributed by atoms with E-state index >= 15 is 0 Å². The lowest BCUT2D eigenvalue weighted by atomic mass is 10.0. The zero-order valence-corrected chi connectivity index (χ0v) is 13.0. The molecule has 1 unspecified atom stereocenters. The van der Waals surface area contributed by atoms with E-state index in [0.29, 0.717) is 6.04 Å². The molecule has 0 saturated heterocycles. The summed E-state index contributed by atoms with van der Waals surface area (Å²) in [6.07, 6.45) is 2.76. The molecule has 1 N–H and O–H groups in total. The average Bonchev–Trinajstić information content (AvgIpc) is 3.10. The Hall–Kier alpha value is -0.930. The number of hydrogen-bond acceptors (Lipinski definition) is 3. The molecule has 2 rings (SSSR count).